The molecule has 2 fully saturated rings. The van der Waals surface area contributed by atoms with Crippen LogP contribution >= 0.6 is 0 Å². The maximum atomic E-state index is 13.4. The number of piperidine rings is 1. The number of aliphatic hydroxyl groups is 1. The standard InChI is InChI=1S/C29H30N2O5/c1-34-26-14-13-25(27(30-26)35-2)29(33)15-18-11-12-19(16-29)31(18)28(32)36-17-24-22-9-5-3-7-20(22)21-8-4-6-10-23(21)24/h3-10,13-14,18-19,24,33H,11-12,15-17H2,1-2H3. The summed E-state index contributed by atoms with van der Waals surface area (Å²) in [5.74, 6) is 0.805. The van der Waals surface area contributed by atoms with Crippen molar-refractivity contribution in [3.63, 3.8) is 0 Å². The van der Waals surface area contributed by atoms with Gasteiger partial charge in [0.1, 0.15) is 6.61 Å². The maximum Gasteiger partial charge on any atom is 0.410 e. The van der Waals surface area contributed by atoms with Crippen molar-refractivity contribution in [1.82, 2.24) is 9.88 Å². The van der Waals surface area contributed by atoms with Crippen molar-refractivity contribution < 1.29 is 24.1 Å². The average Bonchev–Trinajstić information content (AvgIpc) is 3.38. The molecule has 2 saturated heterocycles. The molecule has 7 nitrogen and oxygen atoms in total. The zero-order chi connectivity index (χ0) is 24.9. The molecule has 186 valence electrons. The highest BCUT2D eigenvalue weighted by molar-refractivity contribution is 5.79. The first-order valence-electron chi connectivity index (χ1n) is 12.5. The molecular formula is C29H30N2O5. The van der Waals surface area contributed by atoms with Crippen LogP contribution in [-0.4, -0.2) is 54.0 Å². The van der Waals surface area contributed by atoms with E-state index in [0.717, 1.165) is 12.8 Å². The number of benzene rings is 2. The van der Waals surface area contributed by atoms with E-state index in [1.807, 2.05) is 35.2 Å². The van der Waals surface area contributed by atoms with Crippen molar-refractivity contribution >= 4 is 6.09 Å². The first-order chi connectivity index (χ1) is 17.5. The lowest BCUT2D eigenvalue weighted by atomic mass is 9.81. The molecule has 2 aromatic carbocycles. The van der Waals surface area contributed by atoms with Gasteiger partial charge in [0.15, 0.2) is 0 Å². The minimum Gasteiger partial charge on any atom is -0.481 e. The van der Waals surface area contributed by atoms with Crippen molar-refractivity contribution in [1.29, 1.82) is 0 Å². The monoisotopic (exact) mass is 486 g/mol. The summed E-state index contributed by atoms with van der Waals surface area (Å²) in [6, 6.07) is 20.0. The Labute approximate surface area is 210 Å². The molecule has 1 aliphatic carbocycles. The van der Waals surface area contributed by atoms with Gasteiger partial charge in [0, 0.05) is 42.5 Å². The molecule has 0 spiro atoms. The molecule has 7 heteroatoms. The summed E-state index contributed by atoms with van der Waals surface area (Å²) in [6.45, 7) is 0.295. The first-order valence-corrected chi connectivity index (χ1v) is 12.5. The number of fused-ring (bicyclic) bond motifs is 5. The SMILES string of the molecule is COc1ccc(C2(O)CC3CCC(C2)N3C(=O)OCC2c3ccccc3-c3ccccc32)c(OC)n1. The molecule has 36 heavy (non-hydrogen) atoms. The van der Waals surface area contributed by atoms with E-state index in [9.17, 15) is 9.90 Å². The van der Waals surface area contributed by atoms with Crippen LogP contribution in [0.5, 0.6) is 11.8 Å². The second-order valence-electron chi connectivity index (χ2n) is 9.95. The molecule has 2 bridgehead atoms. The van der Waals surface area contributed by atoms with Gasteiger partial charge in [0.25, 0.3) is 0 Å². The quantitative estimate of drug-likeness (QED) is 0.555. The molecule has 1 amide bonds. The van der Waals surface area contributed by atoms with Crippen molar-refractivity contribution in [2.75, 3.05) is 20.8 Å². The van der Waals surface area contributed by atoms with Crippen LogP contribution in [0.25, 0.3) is 11.1 Å². The molecule has 2 unspecified atom stereocenters. The molecule has 2 aliphatic heterocycles. The Hall–Kier alpha value is -3.58. The summed E-state index contributed by atoms with van der Waals surface area (Å²) in [4.78, 5) is 19.6. The van der Waals surface area contributed by atoms with Gasteiger partial charge in [-0.25, -0.2) is 4.79 Å². The highest BCUT2D eigenvalue weighted by Crippen LogP contribution is 2.49. The van der Waals surface area contributed by atoms with Gasteiger partial charge in [-0.2, -0.15) is 4.98 Å². The predicted octanol–water partition coefficient (Wildman–Crippen LogP) is 4.86. The molecule has 1 N–H and O–H groups in total. The van der Waals surface area contributed by atoms with Gasteiger partial charge >= 0.3 is 6.09 Å². The summed E-state index contributed by atoms with van der Waals surface area (Å²) < 4.78 is 16.6. The number of amides is 1. The smallest absolute Gasteiger partial charge is 0.410 e. The highest BCUT2D eigenvalue weighted by atomic mass is 16.6. The summed E-state index contributed by atoms with van der Waals surface area (Å²) in [7, 11) is 3.08. The number of carbonyl (C=O) groups excluding carboxylic acids is 1. The number of pyridine rings is 1. The fourth-order valence-electron chi connectivity index (χ4n) is 6.46. The van der Waals surface area contributed by atoms with Crippen LogP contribution in [0.4, 0.5) is 4.79 Å². The van der Waals surface area contributed by atoms with E-state index >= 15 is 0 Å². The van der Waals surface area contributed by atoms with Crippen LogP contribution < -0.4 is 9.47 Å². The van der Waals surface area contributed by atoms with Gasteiger partial charge in [-0.3, -0.25) is 0 Å². The number of rotatable bonds is 5. The molecule has 1 aromatic heterocycles. The Kier molecular flexibility index (Phi) is 5.60. The van der Waals surface area contributed by atoms with Gasteiger partial charge in [-0.1, -0.05) is 48.5 Å². The van der Waals surface area contributed by atoms with Crippen LogP contribution in [-0.2, 0) is 10.3 Å². The number of nitrogens with zero attached hydrogens (tertiary/aromatic N) is 2. The Morgan fingerprint density at radius 1 is 0.944 bits per heavy atom. The molecule has 3 heterocycles. The fraction of sp³-hybridized carbons (Fsp3) is 0.379. The van der Waals surface area contributed by atoms with Gasteiger partial charge in [0.05, 0.1) is 19.8 Å². The normalized spacial score (nSPS) is 24.2. The Balaban J connectivity index is 1.19. The zero-order valence-corrected chi connectivity index (χ0v) is 20.5. The zero-order valence-electron chi connectivity index (χ0n) is 20.5. The molecule has 0 radical (unpaired) electrons. The lowest BCUT2D eigenvalue weighted by molar-refractivity contribution is -0.0546. The number of hydrogen-bond acceptors (Lipinski definition) is 6. The second kappa shape index (κ2) is 8.82. The predicted molar refractivity (Wildman–Crippen MR) is 134 cm³/mol. The van der Waals surface area contributed by atoms with E-state index in [-0.39, 0.29) is 24.1 Å². The van der Waals surface area contributed by atoms with Gasteiger partial charge in [-0.05, 0) is 41.2 Å². The van der Waals surface area contributed by atoms with Crippen LogP contribution in [0, 0.1) is 0 Å². The van der Waals surface area contributed by atoms with E-state index in [2.05, 4.69) is 29.2 Å². The van der Waals surface area contributed by atoms with Gasteiger partial charge in [0.2, 0.25) is 11.8 Å². The Bertz CT molecular complexity index is 1250. The number of ether oxygens (including phenoxy) is 3. The molecule has 6 rings (SSSR count). The van der Waals surface area contributed by atoms with Crippen LogP contribution in [0.15, 0.2) is 60.7 Å². The molecule has 3 aromatic rings. The lowest BCUT2D eigenvalue weighted by Gasteiger charge is -2.43. The van der Waals surface area contributed by atoms with Gasteiger partial charge in [-0.15, -0.1) is 0 Å². The molecular weight excluding hydrogens is 456 g/mol. The minimum absolute atomic E-state index is 0.0235. The van der Waals surface area contributed by atoms with Crippen LogP contribution in [0.1, 0.15) is 48.3 Å². The summed E-state index contributed by atoms with van der Waals surface area (Å²) in [5.41, 5.74) is 4.31. The third kappa shape index (κ3) is 3.61. The molecule has 2 atom stereocenters. The summed E-state index contributed by atoms with van der Waals surface area (Å²) in [5, 5.41) is 11.7. The van der Waals surface area contributed by atoms with E-state index in [0.29, 0.717) is 36.8 Å². The molecule has 3 aliphatic rings. The number of hydrogen-bond donors (Lipinski definition) is 1. The third-order valence-electron chi connectivity index (χ3n) is 8.05. The van der Waals surface area contributed by atoms with Crippen molar-refractivity contribution in [3.05, 3.63) is 77.4 Å². The summed E-state index contributed by atoms with van der Waals surface area (Å²) >= 11 is 0. The number of carbonyl (C=O) groups is 1. The van der Waals surface area contributed by atoms with Crippen molar-refractivity contribution in [2.24, 2.45) is 0 Å². The van der Waals surface area contributed by atoms with Crippen LogP contribution in [0.3, 0.4) is 0 Å². The lowest BCUT2D eigenvalue weighted by Crippen LogP contribution is -2.52. The minimum atomic E-state index is -1.13. The Morgan fingerprint density at radius 3 is 2.14 bits per heavy atom. The van der Waals surface area contributed by atoms with Crippen molar-refractivity contribution in [2.45, 2.75) is 49.3 Å². The van der Waals surface area contributed by atoms with E-state index in [1.165, 1.54) is 29.4 Å². The van der Waals surface area contributed by atoms with E-state index in [1.54, 1.807) is 13.2 Å². The van der Waals surface area contributed by atoms with E-state index in [4.69, 9.17) is 14.2 Å². The van der Waals surface area contributed by atoms with Gasteiger partial charge < -0.3 is 24.2 Å². The topological polar surface area (TPSA) is 81.1 Å². The maximum absolute atomic E-state index is 13.4. The van der Waals surface area contributed by atoms with Crippen LogP contribution in [0.2, 0.25) is 0 Å². The Morgan fingerprint density at radius 2 is 1.56 bits per heavy atom. The van der Waals surface area contributed by atoms with Crippen molar-refractivity contribution in [3.8, 4) is 22.9 Å². The largest absolute Gasteiger partial charge is 0.481 e. The second-order valence-corrected chi connectivity index (χ2v) is 9.95. The highest BCUT2D eigenvalue weighted by Gasteiger charge is 2.52. The van der Waals surface area contributed by atoms with E-state index < -0.39 is 5.60 Å². The number of aromatic nitrogens is 1. The number of methoxy groups -OCH3 is 2. The average molecular weight is 487 g/mol. The first kappa shape index (κ1) is 22.9. The third-order valence-corrected chi connectivity index (χ3v) is 8.05. The fourth-order valence-corrected chi connectivity index (χ4v) is 6.46. The summed E-state index contributed by atoms with van der Waals surface area (Å²) in [6.07, 6.45) is 2.20. The molecule has 0 saturated carbocycles.